The fourth-order valence-electron chi connectivity index (χ4n) is 4.51. The first-order valence-corrected chi connectivity index (χ1v) is 10.0. The minimum absolute atomic E-state index is 0. The Hall–Kier alpha value is -2.43. The summed E-state index contributed by atoms with van der Waals surface area (Å²) in [5.41, 5.74) is 3.41. The fourth-order valence-corrected chi connectivity index (χ4v) is 4.51. The first kappa shape index (κ1) is 26.8. The molecule has 0 atom stereocenters. The quantitative estimate of drug-likeness (QED) is 0.352. The summed E-state index contributed by atoms with van der Waals surface area (Å²) < 4.78 is 5.78. The molecule has 0 radical (unpaired) electrons. The zero-order valence-corrected chi connectivity index (χ0v) is 21.2. The van der Waals surface area contributed by atoms with E-state index < -0.39 is 5.92 Å². The molecular formula is C27H22Cl2O3Ti. The largest absolute Gasteiger partial charge is 2.00 e. The van der Waals surface area contributed by atoms with Gasteiger partial charge in [-0.1, -0.05) is 60.7 Å². The topological polar surface area (TPSA) is 53.6 Å². The van der Waals surface area contributed by atoms with Crippen LogP contribution in [0.4, 0.5) is 0 Å². The third-order valence-corrected chi connectivity index (χ3v) is 5.97. The number of halogens is 2. The number of furan rings is 1. The molecule has 5 aromatic rings. The summed E-state index contributed by atoms with van der Waals surface area (Å²) in [6, 6.07) is 23.5. The van der Waals surface area contributed by atoms with Crippen molar-refractivity contribution in [3.05, 3.63) is 107 Å². The Morgan fingerprint density at radius 3 is 1.55 bits per heavy atom. The van der Waals surface area contributed by atoms with Crippen molar-refractivity contribution in [2.45, 2.75) is 19.8 Å². The first-order valence-electron chi connectivity index (χ1n) is 10.0. The second-order valence-corrected chi connectivity index (χ2v) is 7.80. The molecule has 0 saturated carbocycles. The van der Waals surface area contributed by atoms with Gasteiger partial charge in [0.15, 0.2) is 0 Å². The summed E-state index contributed by atoms with van der Waals surface area (Å²) in [4.78, 5) is 0. The molecule has 5 rings (SSSR count). The van der Waals surface area contributed by atoms with E-state index in [9.17, 15) is 10.2 Å². The van der Waals surface area contributed by atoms with E-state index in [1.165, 1.54) is 0 Å². The average molecular weight is 513 g/mol. The summed E-state index contributed by atoms with van der Waals surface area (Å²) in [6.45, 7) is 3.98. The SMILES string of the molecule is Cc1cccc2ccc(C(c3ccco3)c3ccc4cccc(C)c4c3O)c(O)c12.[Cl-].[Cl-].[Ti+2]. The van der Waals surface area contributed by atoms with Crippen molar-refractivity contribution in [3.63, 3.8) is 0 Å². The van der Waals surface area contributed by atoms with Crippen molar-refractivity contribution < 1.29 is 61.2 Å². The van der Waals surface area contributed by atoms with Crippen LogP contribution >= 0.6 is 0 Å². The molecule has 0 aliphatic heterocycles. The van der Waals surface area contributed by atoms with Gasteiger partial charge in [0.1, 0.15) is 17.3 Å². The first-order chi connectivity index (χ1) is 14.6. The molecule has 4 aromatic carbocycles. The van der Waals surface area contributed by atoms with Gasteiger partial charge >= 0.3 is 21.7 Å². The predicted molar refractivity (Wildman–Crippen MR) is 120 cm³/mol. The molecule has 1 aromatic heterocycles. The Labute approximate surface area is 220 Å². The van der Waals surface area contributed by atoms with Crippen LogP contribution in [0.25, 0.3) is 21.5 Å². The van der Waals surface area contributed by atoms with Crippen LogP contribution in [0.2, 0.25) is 0 Å². The zero-order valence-electron chi connectivity index (χ0n) is 18.1. The molecule has 6 heteroatoms. The molecule has 0 aliphatic rings. The monoisotopic (exact) mass is 512 g/mol. The molecule has 33 heavy (non-hydrogen) atoms. The summed E-state index contributed by atoms with van der Waals surface area (Å²) in [7, 11) is 0. The van der Waals surface area contributed by atoms with Gasteiger partial charge in [-0.2, -0.15) is 0 Å². The number of phenols is 2. The van der Waals surface area contributed by atoms with Crippen LogP contribution in [0.15, 0.2) is 83.5 Å². The van der Waals surface area contributed by atoms with Crippen molar-refractivity contribution >= 4 is 21.5 Å². The number of hydrogen-bond donors (Lipinski definition) is 2. The normalized spacial score (nSPS) is 10.5. The second kappa shape index (κ2) is 10.7. The molecular weight excluding hydrogens is 491 g/mol. The van der Waals surface area contributed by atoms with Gasteiger partial charge in [0.25, 0.3) is 0 Å². The predicted octanol–water partition coefficient (Wildman–Crippen LogP) is 0.800. The zero-order chi connectivity index (χ0) is 20.8. The number of benzene rings is 4. The van der Waals surface area contributed by atoms with Gasteiger partial charge < -0.3 is 39.4 Å². The van der Waals surface area contributed by atoms with Gasteiger partial charge in [-0.15, -0.1) is 0 Å². The van der Waals surface area contributed by atoms with E-state index in [0.717, 1.165) is 32.7 Å². The van der Waals surface area contributed by atoms with E-state index in [1.54, 1.807) is 6.26 Å². The fraction of sp³-hybridized carbons (Fsp3) is 0.111. The number of aromatic hydroxyl groups is 2. The van der Waals surface area contributed by atoms with Crippen LogP contribution in [-0.4, -0.2) is 10.2 Å². The van der Waals surface area contributed by atoms with E-state index in [4.69, 9.17) is 4.42 Å². The number of phenolic OH excluding ortho intramolecular Hbond substituents is 2. The third kappa shape index (κ3) is 4.51. The molecule has 0 aliphatic carbocycles. The van der Waals surface area contributed by atoms with Gasteiger partial charge in [-0.3, -0.25) is 0 Å². The summed E-state index contributed by atoms with van der Waals surface area (Å²) in [6.07, 6.45) is 1.62. The molecule has 0 spiro atoms. The Morgan fingerprint density at radius 1 is 0.636 bits per heavy atom. The van der Waals surface area contributed by atoms with Crippen molar-refractivity contribution in [2.24, 2.45) is 0 Å². The van der Waals surface area contributed by atoms with Gasteiger partial charge in [0.05, 0.1) is 12.2 Å². The Kier molecular flexibility index (Phi) is 8.67. The van der Waals surface area contributed by atoms with Crippen molar-refractivity contribution in [1.29, 1.82) is 0 Å². The number of hydrogen-bond acceptors (Lipinski definition) is 3. The smallest absolute Gasteiger partial charge is 1.00 e. The second-order valence-electron chi connectivity index (χ2n) is 7.80. The minimum atomic E-state index is -0.437. The van der Waals surface area contributed by atoms with E-state index in [1.807, 2.05) is 86.6 Å². The van der Waals surface area contributed by atoms with Crippen molar-refractivity contribution in [3.8, 4) is 11.5 Å². The van der Waals surface area contributed by atoms with Crippen LogP contribution in [0, 0.1) is 13.8 Å². The maximum absolute atomic E-state index is 11.3. The molecule has 1 heterocycles. The van der Waals surface area contributed by atoms with Crippen LogP contribution in [0.5, 0.6) is 11.5 Å². The number of rotatable bonds is 3. The molecule has 0 amide bonds. The van der Waals surface area contributed by atoms with Crippen LogP contribution in [0.1, 0.15) is 33.9 Å². The van der Waals surface area contributed by atoms with Gasteiger partial charge in [0, 0.05) is 21.9 Å². The van der Waals surface area contributed by atoms with E-state index in [0.29, 0.717) is 16.9 Å². The van der Waals surface area contributed by atoms with Crippen LogP contribution in [0.3, 0.4) is 0 Å². The molecule has 3 nitrogen and oxygen atoms in total. The summed E-state index contributed by atoms with van der Waals surface area (Å²) >= 11 is 0. The standard InChI is InChI=1S/C27H22O3.2ClH.Ti/c1-16-6-3-8-18-11-13-20(26(28)23(16)18)25(22-10-5-15-30-22)21-14-12-19-9-4-7-17(2)24(19)27(21)29;;;/h3-15,25,28-29H,1-2H3;2*1H;/q;;;+2/p-2. The molecule has 0 saturated heterocycles. The van der Waals surface area contributed by atoms with Crippen LogP contribution < -0.4 is 24.8 Å². The molecule has 0 bridgehead atoms. The number of aryl methyl sites for hydroxylation is 2. The molecule has 166 valence electrons. The molecule has 0 unspecified atom stereocenters. The van der Waals surface area contributed by atoms with Gasteiger partial charge in [-0.25, -0.2) is 0 Å². The Balaban J connectivity index is 0.00000128. The third-order valence-electron chi connectivity index (χ3n) is 5.97. The molecule has 0 fully saturated rings. The van der Waals surface area contributed by atoms with Crippen molar-refractivity contribution in [2.75, 3.05) is 0 Å². The number of fused-ring (bicyclic) bond motifs is 2. The van der Waals surface area contributed by atoms with Gasteiger partial charge in [0.2, 0.25) is 0 Å². The Bertz CT molecular complexity index is 1310. The van der Waals surface area contributed by atoms with E-state index >= 15 is 0 Å². The van der Waals surface area contributed by atoms with Gasteiger partial charge in [-0.05, 0) is 47.9 Å². The Morgan fingerprint density at radius 2 is 1.12 bits per heavy atom. The maximum Gasteiger partial charge on any atom is 2.00 e. The van der Waals surface area contributed by atoms with Crippen molar-refractivity contribution in [1.82, 2.24) is 0 Å². The summed E-state index contributed by atoms with van der Waals surface area (Å²) in [5.74, 6) is 0.669. The maximum atomic E-state index is 11.3. The van der Waals surface area contributed by atoms with Crippen LogP contribution in [-0.2, 0) is 21.7 Å². The average Bonchev–Trinajstić information content (AvgIpc) is 3.26. The summed E-state index contributed by atoms with van der Waals surface area (Å²) in [5, 5.41) is 26.2. The van der Waals surface area contributed by atoms with E-state index in [2.05, 4.69) is 0 Å². The van der Waals surface area contributed by atoms with E-state index in [-0.39, 0.29) is 58.0 Å². The molecule has 2 N–H and O–H groups in total. The minimum Gasteiger partial charge on any atom is -1.00 e.